The molecule has 76 valence electrons. The van der Waals surface area contributed by atoms with Gasteiger partial charge in [-0.2, -0.15) is 0 Å². The molecule has 1 fully saturated rings. The highest BCUT2D eigenvalue weighted by Gasteiger charge is 2.20. The fourth-order valence-electron chi connectivity index (χ4n) is 2.21. The number of hydrogen-bond donors (Lipinski definition) is 1. The average Bonchev–Trinajstić information content (AvgIpc) is 2.51. The molecule has 0 radical (unpaired) electrons. The van der Waals surface area contributed by atoms with Crippen LogP contribution < -0.4 is 5.32 Å². The summed E-state index contributed by atoms with van der Waals surface area (Å²) < 4.78 is 0. The van der Waals surface area contributed by atoms with Crippen LogP contribution in [0, 0.1) is 12.8 Å². The fraction of sp³-hybridized carbons (Fsp3) is 0.583. The van der Waals surface area contributed by atoms with Crippen molar-refractivity contribution in [3.05, 3.63) is 24.0 Å². The van der Waals surface area contributed by atoms with Gasteiger partial charge in [-0.3, -0.25) is 4.98 Å². The van der Waals surface area contributed by atoms with Crippen molar-refractivity contribution >= 4 is 5.69 Å². The zero-order valence-electron chi connectivity index (χ0n) is 8.96. The van der Waals surface area contributed by atoms with Gasteiger partial charge in [-0.05, 0) is 43.7 Å². The Bertz CT molecular complexity index is 309. The Hall–Kier alpha value is -1.05. The van der Waals surface area contributed by atoms with Gasteiger partial charge in [0, 0.05) is 18.4 Å². The first-order chi connectivity index (χ1) is 6.74. The molecule has 2 unspecified atom stereocenters. The maximum absolute atomic E-state index is 4.18. The molecule has 2 atom stereocenters. The Morgan fingerprint density at radius 2 is 2.21 bits per heavy atom. The first kappa shape index (κ1) is 9.50. The van der Waals surface area contributed by atoms with Gasteiger partial charge < -0.3 is 5.32 Å². The number of pyridine rings is 1. The van der Waals surface area contributed by atoms with Gasteiger partial charge in [-0.15, -0.1) is 0 Å². The third-order valence-electron chi connectivity index (χ3n) is 2.94. The van der Waals surface area contributed by atoms with E-state index in [4.69, 9.17) is 0 Å². The van der Waals surface area contributed by atoms with Gasteiger partial charge in [0.25, 0.3) is 0 Å². The normalized spacial score (nSPS) is 26.4. The molecular formula is C12H18N2. The van der Waals surface area contributed by atoms with E-state index in [2.05, 4.69) is 30.2 Å². The zero-order valence-corrected chi connectivity index (χ0v) is 8.96. The molecule has 14 heavy (non-hydrogen) atoms. The van der Waals surface area contributed by atoms with E-state index in [1.54, 1.807) is 0 Å². The topological polar surface area (TPSA) is 24.9 Å². The first-order valence-electron chi connectivity index (χ1n) is 5.42. The lowest BCUT2D eigenvalue weighted by Gasteiger charge is -2.13. The SMILES string of the molecule is Cc1cncc(NC2CCC(C)C2)c1. The summed E-state index contributed by atoms with van der Waals surface area (Å²) in [5.41, 5.74) is 2.39. The van der Waals surface area contributed by atoms with E-state index < -0.39 is 0 Å². The molecule has 2 rings (SSSR count). The predicted molar refractivity (Wildman–Crippen MR) is 59.4 cm³/mol. The van der Waals surface area contributed by atoms with E-state index >= 15 is 0 Å². The molecule has 0 saturated heterocycles. The highest BCUT2D eigenvalue weighted by molar-refractivity contribution is 5.43. The summed E-state index contributed by atoms with van der Waals surface area (Å²) in [6.07, 6.45) is 7.76. The summed E-state index contributed by atoms with van der Waals surface area (Å²) in [6.45, 7) is 4.41. The van der Waals surface area contributed by atoms with Crippen LogP contribution in [0.15, 0.2) is 18.5 Å². The van der Waals surface area contributed by atoms with Gasteiger partial charge >= 0.3 is 0 Å². The molecule has 1 heterocycles. The number of nitrogens with one attached hydrogen (secondary N) is 1. The number of rotatable bonds is 2. The van der Waals surface area contributed by atoms with Crippen molar-refractivity contribution in [2.24, 2.45) is 5.92 Å². The molecule has 2 nitrogen and oxygen atoms in total. The first-order valence-corrected chi connectivity index (χ1v) is 5.42. The molecule has 2 heteroatoms. The standard InChI is InChI=1S/C12H18N2/c1-9-3-4-11(5-9)14-12-6-10(2)7-13-8-12/h6-9,11,14H,3-5H2,1-2H3. The van der Waals surface area contributed by atoms with E-state index in [1.807, 2.05) is 12.4 Å². The van der Waals surface area contributed by atoms with Gasteiger partial charge in [0.05, 0.1) is 5.69 Å². The van der Waals surface area contributed by atoms with Crippen LogP contribution >= 0.6 is 0 Å². The second-order valence-electron chi connectivity index (χ2n) is 4.51. The van der Waals surface area contributed by atoms with E-state index in [-0.39, 0.29) is 0 Å². The van der Waals surface area contributed by atoms with Gasteiger partial charge in [0.1, 0.15) is 0 Å². The maximum atomic E-state index is 4.18. The number of aryl methyl sites for hydroxylation is 1. The Morgan fingerprint density at radius 3 is 2.86 bits per heavy atom. The largest absolute Gasteiger partial charge is 0.381 e. The van der Waals surface area contributed by atoms with Crippen LogP contribution in [0.2, 0.25) is 0 Å². The molecule has 0 aliphatic heterocycles. The van der Waals surface area contributed by atoms with Crippen molar-refractivity contribution < 1.29 is 0 Å². The Morgan fingerprint density at radius 1 is 1.36 bits per heavy atom. The monoisotopic (exact) mass is 190 g/mol. The van der Waals surface area contributed by atoms with Crippen LogP contribution in [0.1, 0.15) is 31.7 Å². The second kappa shape index (κ2) is 3.99. The van der Waals surface area contributed by atoms with Crippen molar-refractivity contribution in [1.82, 2.24) is 4.98 Å². The summed E-state index contributed by atoms with van der Waals surface area (Å²) in [5.74, 6) is 0.880. The van der Waals surface area contributed by atoms with E-state index in [0.29, 0.717) is 6.04 Å². The summed E-state index contributed by atoms with van der Waals surface area (Å²) in [5, 5.41) is 3.55. The van der Waals surface area contributed by atoms with Crippen LogP contribution in [0.25, 0.3) is 0 Å². The lowest BCUT2D eigenvalue weighted by Crippen LogP contribution is -2.15. The smallest absolute Gasteiger partial charge is 0.0531 e. The Balaban J connectivity index is 1.97. The average molecular weight is 190 g/mol. The predicted octanol–water partition coefficient (Wildman–Crippen LogP) is 2.99. The molecule has 0 aromatic carbocycles. The molecule has 0 amide bonds. The molecule has 1 aliphatic rings. The maximum Gasteiger partial charge on any atom is 0.0531 e. The molecule has 0 bridgehead atoms. The van der Waals surface area contributed by atoms with Crippen molar-refractivity contribution in [2.45, 2.75) is 39.2 Å². The summed E-state index contributed by atoms with van der Waals surface area (Å²) >= 11 is 0. The lowest BCUT2D eigenvalue weighted by molar-refractivity contribution is 0.602. The minimum atomic E-state index is 0.661. The molecular weight excluding hydrogens is 172 g/mol. The molecule has 1 aromatic heterocycles. The zero-order chi connectivity index (χ0) is 9.97. The third kappa shape index (κ3) is 2.25. The van der Waals surface area contributed by atoms with Crippen LogP contribution in [-0.2, 0) is 0 Å². The van der Waals surface area contributed by atoms with Crippen LogP contribution in [0.3, 0.4) is 0 Å². The van der Waals surface area contributed by atoms with E-state index in [1.165, 1.54) is 30.5 Å². The molecule has 1 saturated carbocycles. The minimum absolute atomic E-state index is 0.661. The van der Waals surface area contributed by atoms with Crippen molar-refractivity contribution in [3.8, 4) is 0 Å². The second-order valence-corrected chi connectivity index (χ2v) is 4.51. The van der Waals surface area contributed by atoms with E-state index in [0.717, 1.165) is 5.92 Å². The summed E-state index contributed by atoms with van der Waals surface area (Å²) in [6, 6.07) is 2.82. The van der Waals surface area contributed by atoms with Gasteiger partial charge in [0.15, 0.2) is 0 Å². The van der Waals surface area contributed by atoms with Crippen molar-refractivity contribution in [2.75, 3.05) is 5.32 Å². The van der Waals surface area contributed by atoms with E-state index in [9.17, 15) is 0 Å². The fourth-order valence-corrected chi connectivity index (χ4v) is 2.21. The summed E-state index contributed by atoms with van der Waals surface area (Å²) in [4.78, 5) is 4.18. The van der Waals surface area contributed by atoms with Crippen LogP contribution in [-0.4, -0.2) is 11.0 Å². The lowest BCUT2D eigenvalue weighted by atomic mass is 10.1. The highest BCUT2D eigenvalue weighted by Crippen LogP contribution is 2.27. The molecule has 1 aromatic rings. The van der Waals surface area contributed by atoms with Gasteiger partial charge in [-0.1, -0.05) is 6.92 Å². The minimum Gasteiger partial charge on any atom is -0.381 e. The third-order valence-corrected chi connectivity index (χ3v) is 2.94. The van der Waals surface area contributed by atoms with Crippen molar-refractivity contribution in [1.29, 1.82) is 0 Å². The van der Waals surface area contributed by atoms with Crippen molar-refractivity contribution in [3.63, 3.8) is 0 Å². The number of hydrogen-bond acceptors (Lipinski definition) is 2. The number of anilines is 1. The Labute approximate surface area is 85.7 Å². The van der Waals surface area contributed by atoms with Crippen LogP contribution in [0.4, 0.5) is 5.69 Å². The molecule has 1 N–H and O–H groups in total. The number of nitrogens with zero attached hydrogens (tertiary/aromatic N) is 1. The quantitative estimate of drug-likeness (QED) is 0.775. The summed E-state index contributed by atoms with van der Waals surface area (Å²) in [7, 11) is 0. The van der Waals surface area contributed by atoms with Gasteiger partial charge in [0.2, 0.25) is 0 Å². The Kier molecular flexibility index (Phi) is 2.71. The highest BCUT2D eigenvalue weighted by atomic mass is 14.9. The van der Waals surface area contributed by atoms with Crippen LogP contribution in [0.5, 0.6) is 0 Å². The van der Waals surface area contributed by atoms with Gasteiger partial charge in [-0.25, -0.2) is 0 Å². The molecule has 0 spiro atoms. The number of aromatic nitrogens is 1. The molecule has 1 aliphatic carbocycles.